The third-order valence-corrected chi connectivity index (χ3v) is 3.34. The Kier molecular flexibility index (Phi) is 2.83. The molecule has 96 valence electrons. The minimum atomic E-state index is -0.388. The molecule has 1 aliphatic heterocycles. The van der Waals surface area contributed by atoms with Crippen molar-refractivity contribution in [3.63, 3.8) is 0 Å². The summed E-state index contributed by atoms with van der Waals surface area (Å²) in [7, 11) is 0. The van der Waals surface area contributed by atoms with E-state index in [1.807, 2.05) is 18.2 Å². The molecular weight excluding hydrogens is 234 g/mol. The zero-order valence-corrected chi connectivity index (χ0v) is 9.89. The summed E-state index contributed by atoms with van der Waals surface area (Å²) in [4.78, 5) is 10.8. The highest BCUT2D eigenvalue weighted by Gasteiger charge is 2.24. The fourth-order valence-electron chi connectivity index (χ4n) is 2.38. The molecule has 0 spiro atoms. The summed E-state index contributed by atoms with van der Waals surface area (Å²) in [6.07, 6.45) is 0.711. The standard InChI is InChI=1S/C13H15NO4/c15-12-4-1-8-5-9(2-3-11(8)12)17-7-10-6-14-13(16)18-10/h2-3,5,10,12,15H,1,4,6-7H2,(H,14,16)/t10?,12-/m0/s1. The van der Waals surface area contributed by atoms with Crippen LogP contribution >= 0.6 is 0 Å². The fourth-order valence-corrected chi connectivity index (χ4v) is 2.38. The lowest BCUT2D eigenvalue weighted by Gasteiger charge is -2.11. The van der Waals surface area contributed by atoms with Crippen LogP contribution in [-0.4, -0.2) is 30.5 Å². The number of cyclic esters (lactones) is 1. The van der Waals surface area contributed by atoms with Gasteiger partial charge >= 0.3 is 6.09 Å². The summed E-state index contributed by atoms with van der Waals surface area (Å²) in [6, 6.07) is 5.70. The second-order valence-corrected chi connectivity index (χ2v) is 4.63. The molecule has 2 N–H and O–H groups in total. The van der Waals surface area contributed by atoms with Gasteiger partial charge < -0.3 is 19.9 Å². The van der Waals surface area contributed by atoms with Gasteiger partial charge in [-0.1, -0.05) is 6.07 Å². The quantitative estimate of drug-likeness (QED) is 0.843. The van der Waals surface area contributed by atoms with Crippen LogP contribution in [0, 0.1) is 0 Å². The van der Waals surface area contributed by atoms with Gasteiger partial charge in [0.2, 0.25) is 0 Å². The molecule has 0 radical (unpaired) electrons. The zero-order valence-electron chi connectivity index (χ0n) is 9.89. The first-order valence-corrected chi connectivity index (χ1v) is 6.10. The lowest BCUT2D eigenvalue weighted by Crippen LogP contribution is -2.21. The van der Waals surface area contributed by atoms with E-state index in [0.29, 0.717) is 13.2 Å². The Morgan fingerprint density at radius 2 is 2.39 bits per heavy atom. The van der Waals surface area contributed by atoms with E-state index in [9.17, 15) is 9.90 Å². The first kappa shape index (κ1) is 11.3. The van der Waals surface area contributed by atoms with Crippen LogP contribution in [0.4, 0.5) is 4.79 Å². The predicted molar refractivity (Wildman–Crippen MR) is 63.5 cm³/mol. The third kappa shape index (κ3) is 2.13. The van der Waals surface area contributed by atoms with E-state index in [0.717, 1.165) is 29.7 Å². The summed E-state index contributed by atoms with van der Waals surface area (Å²) in [5.41, 5.74) is 2.14. The van der Waals surface area contributed by atoms with Gasteiger partial charge in [0.25, 0.3) is 0 Å². The minimum Gasteiger partial charge on any atom is -0.490 e. The average Bonchev–Trinajstić information content (AvgIpc) is 2.94. The predicted octanol–water partition coefficient (Wildman–Crippen LogP) is 1.15. The maximum Gasteiger partial charge on any atom is 0.407 e. The van der Waals surface area contributed by atoms with Crippen molar-refractivity contribution in [1.82, 2.24) is 5.32 Å². The Hall–Kier alpha value is -1.75. The SMILES string of the molecule is O=C1NCC(COc2ccc3c(c2)CC[C@@H]3O)O1. The highest BCUT2D eigenvalue weighted by molar-refractivity contribution is 5.69. The molecule has 0 saturated carbocycles. The number of rotatable bonds is 3. The normalized spacial score (nSPS) is 25.5. The van der Waals surface area contributed by atoms with Crippen LogP contribution in [0.25, 0.3) is 0 Å². The monoisotopic (exact) mass is 249 g/mol. The summed E-state index contributed by atoms with van der Waals surface area (Å²) in [6.45, 7) is 0.836. The Balaban J connectivity index is 1.62. The van der Waals surface area contributed by atoms with Crippen LogP contribution < -0.4 is 10.1 Å². The van der Waals surface area contributed by atoms with Gasteiger partial charge in [0.1, 0.15) is 12.4 Å². The number of aryl methyl sites for hydroxylation is 1. The first-order chi connectivity index (χ1) is 8.72. The molecule has 0 bridgehead atoms. The number of aliphatic hydroxyl groups excluding tert-OH is 1. The number of alkyl carbamates (subject to hydrolysis) is 1. The Morgan fingerprint density at radius 3 is 3.17 bits per heavy atom. The summed E-state index contributed by atoms with van der Waals surface area (Å²) >= 11 is 0. The van der Waals surface area contributed by atoms with E-state index in [-0.39, 0.29) is 18.3 Å². The minimum absolute atomic E-state index is 0.226. The molecule has 5 nitrogen and oxygen atoms in total. The number of nitrogens with one attached hydrogen (secondary N) is 1. The molecule has 5 heteroatoms. The van der Waals surface area contributed by atoms with Gasteiger partial charge in [-0.15, -0.1) is 0 Å². The average molecular weight is 249 g/mol. The van der Waals surface area contributed by atoms with Crippen LogP contribution in [0.2, 0.25) is 0 Å². The van der Waals surface area contributed by atoms with Crippen molar-refractivity contribution < 1.29 is 19.4 Å². The lowest BCUT2D eigenvalue weighted by atomic mass is 10.1. The van der Waals surface area contributed by atoms with E-state index in [2.05, 4.69) is 5.32 Å². The molecule has 2 aliphatic rings. The smallest absolute Gasteiger partial charge is 0.407 e. The molecule has 0 aromatic heterocycles. The molecule has 1 fully saturated rings. The number of carbonyl (C=O) groups is 1. The van der Waals surface area contributed by atoms with Gasteiger partial charge in [0.15, 0.2) is 6.10 Å². The Labute approximate surface area is 105 Å². The van der Waals surface area contributed by atoms with E-state index < -0.39 is 0 Å². The van der Waals surface area contributed by atoms with Crippen molar-refractivity contribution in [2.24, 2.45) is 0 Å². The molecule has 3 rings (SSSR count). The van der Waals surface area contributed by atoms with Crippen LogP contribution in [0.15, 0.2) is 18.2 Å². The highest BCUT2D eigenvalue weighted by atomic mass is 16.6. The number of aliphatic hydroxyl groups is 1. The van der Waals surface area contributed by atoms with Crippen molar-refractivity contribution in [2.75, 3.05) is 13.2 Å². The van der Waals surface area contributed by atoms with Gasteiger partial charge in [-0.05, 0) is 36.1 Å². The van der Waals surface area contributed by atoms with Crippen LogP contribution in [-0.2, 0) is 11.2 Å². The number of amides is 1. The molecule has 1 aromatic rings. The number of benzene rings is 1. The molecule has 1 saturated heterocycles. The Morgan fingerprint density at radius 1 is 1.50 bits per heavy atom. The largest absolute Gasteiger partial charge is 0.490 e. The number of ether oxygens (including phenoxy) is 2. The molecule has 1 aliphatic carbocycles. The first-order valence-electron chi connectivity index (χ1n) is 6.10. The van der Waals surface area contributed by atoms with Gasteiger partial charge in [0.05, 0.1) is 12.6 Å². The number of carbonyl (C=O) groups excluding carboxylic acids is 1. The van der Waals surface area contributed by atoms with Gasteiger partial charge in [-0.3, -0.25) is 0 Å². The topological polar surface area (TPSA) is 67.8 Å². The second kappa shape index (κ2) is 4.49. The van der Waals surface area contributed by atoms with Crippen molar-refractivity contribution in [1.29, 1.82) is 0 Å². The van der Waals surface area contributed by atoms with Crippen LogP contribution in [0.3, 0.4) is 0 Å². The number of hydrogen-bond acceptors (Lipinski definition) is 4. The molecule has 1 heterocycles. The van der Waals surface area contributed by atoms with Gasteiger partial charge in [0, 0.05) is 0 Å². The van der Waals surface area contributed by atoms with E-state index >= 15 is 0 Å². The second-order valence-electron chi connectivity index (χ2n) is 4.63. The van der Waals surface area contributed by atoms with E-state index in [1.165, 1.54) is 0 Å². The molecular formula is C13H15NO4. The van der Waals surface area contributed by atoms with Gasteiger partial charge in [-0.25, -0.2) is 4.79 Å². The van der Waals surface area contributed by atoms with Gasteiger partial charge in [-0.2, -0.15) is 0 Å². The lowest BCUT2D eigenvalue weighted by molar-refractivity contribution is 0.105. The number of hydrogen-bond donors (Lipinski definition) is 2. The van der Waals surface area contributed by atoms with Crippen molar-refractivity contribution in [3.8, 4) is 5.75 Å². The maximum absolute atomic E-state index is 10.8. The number of fused-ring (bicyclic) bond motifs is 1. The van der Waals surface area contributed by atoms with E-state index in [4.69, 9.17) is 9.47 Å². The summed E-state index contributed by atoms with van der Waals surface area (Å²) in [5, 5.41) is 12.3. The van der Waals surface area contributed by atoms with Crippen molar-refractivity contribution in [3.05, 3.63) is 29.3 Å². The molecule has 1 aromatic carbocycles. The Bertz CT molecular complexity index is 474. The van der Waals surface area contributed by atoms with E-state index in [1.54, 1.807) is 0 Å². The van der Waals surface area contributed by atoms with Crippen LogP contribution in [0.5, 0.6) is 5.75 Å². The summed E-state index contributed by atoms with van der Waals surface area (Å²) in [5.74, 6) is 0.755. The molecule has 18 heavy (non-hydrogen) atoms. The zero-order chi connectivity index (χ0) is 12.5. The maximum atomic E-state index is 10.8. The van der Waals surface area contributed by atoms with Crippen molar-refractivity contribution >= 4 is 6.09 Å². The fraction of sp³-hybridized carbons (Fsp3) is 0.462. The molecule has 1 unspecified atom stereocenters. The molecule has 2 atom stereocenters. The van der Waals surface area contributed by atoms with Crippen molar-refractivity contribution in [2.45, 2.75) is 25.0 Å². The highest BCUT2D eigenvalue weighted by Crippen LogP contribution is 2.33. The molecule has 1 amide bonds. The van der Waals surface area contributed by atoms with Crippen LogP contribution in [0.1, 0.15) is 23.7 Å². The third-order valence-electron chi connectivity index (χ3n) is 3.34. The summed E-state index contributed by atoms with van der Waals surface area (Å²) < 4.78 is 10.6.